The first kappa shape index (κ1) is 23.0. The van der Waals surface area contributed by atoms with Gasteiger partial charge in [0, 0.05) is 73.9 Å². The van der Waals surface area contributed by atoms with Crippen LogP contribution in [0.5, 0.6) is 0 Å². The van der Waals surface area contributed by atoms with Crippen LogP contribution in [0.2, 0.25) is 5.02 Å². The summed E-state index contributed by atoms with van der Waals surface area (Å²) in [6.45, 7) is 14.2. The lowest BCUT2D eigenvalue weighted by atomic mass is 9.97. The summed E-state index contributed by atoms with van der Waals surface area (Å²) in [5, 5.41) is 4.19. The molecule has 0 radical (unpaired) electrons. The molecule has 1 N–H and O–H groups in total. The van der Waals surface area contributed by atoms with E-state index in [1.807, 2.05) is 19.3 Å². The maximum absolute atomic E-state index is 6.55. The molecule has 0 saturated carbocycles. The van der Waals surface area contributed by atoms with E-state index < -0.39 is 0 Å². The van der Waals surface area contributed by atoms with Gasteiger partial charge in [0.15, 0.2) is 0 Å². The predicted molar refractivity (Wildman–Crippen MR) is 138 cm³/mol. The van der Waals surface area contributed by atoms with Gasteiger partial charge >= 0.3 is 0 Å². The molecular weight excluding hydrogens is 446 g/mol. The number of hydrogen-bond acceptors (Lipinski definition) is 7. The summed E-state index contributed by atoms with van der Waals surface area (Å²) in [5.74, 6) is 2.00. The van der Waals surface area contributed by atoms with Crippen LogP contribution in [-0.4, -0.2) is 51.7 Å². The molecule has 2 aliphatic heterocycles. The van der Waals surface area contributed by atoms with Crippen molar-refractivity contribution in [1.82, 2.24) is 25.3 Å². The van der Waals surface area contributed by atoms with E-state index in [4.69, 9.17) is 21.6 Å². The Morgan fingerprint density at radius 1 is 0.912 bits per heavy atom. The van der Waals surface area contributed by atoms with Crippen LogP contribution in [0.15, 0.2) is 30.7 Å². The summed E-state index contributed by atoms with van der Waals surface area (Å²) >= 11 is 6.55. The Bertz CT molecular complexity index is 1200. The van der Waals surface area contributed by atoms with Gasteiger partial charge in [-0.05, 0) is 44.9 Å². The number of hydrogen-bond donors (Lipinski definition) is 1. The van der Waals surface area contributed by atoms with Gasteiger partial charge in [0.1, 0.15) is 5.82 Å². The number of pyridine rings is 2. The molecule has 1 fully saturated rings. The summed E-state index contributed by atoms with van der Waals surface area (Å²) in [6, 6.07) is 5.04. The highest BCUT2D eigenvalue weighted by molar-refractivity contribution is 6.33. The summed E-state index contributed by atoms with van der Waals surface area (Å²) in [4.78, 5) is 23.7. The smallest absolute Gasteiger partial charge is 0.225 e. The number of nitrogens with one attached hydrogen (secondary N) is 1. The van der Waals surface area contributed by atoms with Gasteiger partial charge in [0.05, 0.1) is 16.4 Å². The molecule has 0 aromatic carbocycles. The number of anilines is 2. The second-order valence-electron chi connectivity index (χ2n) is 9.94. The highest BCUT2D eigenvalue weighted by Gasteiger charge is 2.28. The van der Waals surface area contributed by atoms with Crippen LogP contribution in [0.4, 0.5) is 11.8 Å². The Hall–Kier alpha value is -2.77. The van der Waals surface area contributed by atoms with E-state index >= 15 is 0 Å². The highest BCUT2D eigenvalue weighted by atomic mass is 35.5. The minimum atomic E-state index is 0.267. The molecule has 0 amide bonds. The Labute approximate surface area is 206 Å². The molecule has 5 rings (SSSR count). The Balaban J connectivity index is 1.42. The Morgan fingerprint density at radius 3 is 2.41 bits per heavy atom. The number of halogens is 1. The number of aryl methyl sites for hydroxylation is 2. The third-order valence-electron chi connectivity index (χ3n) is 6.68. The van der Waals surface area contributed by atoms with E-state index in [0.29, 0.717) is 17.1 Å². The molecule has 3 aromatic heterocycles. The zero-order valence-corrected chi connectivity index (χ0v) is 21.3. The van der Waals surface area contributed by atoms with Crippen molar-refractivity contribution >= 4 is 23.4 Å². The third-order valence-corrected chi connectivity index (χ3v) is 6.98. The quantitative estimate of drug-likeness (QED) is 0.594. The third kappa shape index (κ3) is 4.46. The lowest BCUT2D eigenvalue weighted by Crippen LogP contribution is -2.54. The standard InChI is InChI=1S/C26H32ClN7/c1-15-6-16(2)25(29-8-15)21-7-23(28-10-22(21)27)33-11-17(3)24-20(14-33)9-30-26(32-24)34-12-18(4)31-19(5)13-34/h6-10,17-19,31H,11-14H2,1-5H3. The highest BCUT2D eigenvalue weighted by Crippen LogP contribution is 2.35. The van der Waals surface area contributed by atoms with Crippen molar-refractivity contribution in [2.24, 2.45) is 0 Å². The zero-order valence-electron chi connectivity index (χ0n) is 20.5. The van der Waals surface area contributed by atoms with Crippen LogP contribution in [0.3, 0.4) is 0 Å². The molecule has 178 valence electrons. The van der Waals surface area contributed by atoms with Gasteiger partial charge in [-0.1, -0.05) is 24.6 Å². The van der Waals surface area contributed by atoms with Gasteiger partial charge in [0.25, 0.3) is 0 Å². The molecule has 0 spiro atoms. The van der Waals surface area contributed by atoms with Crippen LogP contribution in [0.1, 0.15) is 49.1 Å². The van der Waals surface area contributed by atoms with Crippen molar-refractivity contribution in [2.75, 3.05) is 29.4 Å². The zero-order chi connectivity index (χ0) is 24.0. The van der Waals surface area contributed by atoms with Crippen molar-refractivity contribution in [3.63, 3.8) is 0 Å². The molecule has 5 heterocycles. The van der Waals surface area contributed by atoms with E-state index in [1.165, 1.54) is 0 Å². The van der Waals surface area contributed by atoms with E-state index in [-0.39, 0.29) is 5.92 Å². The fourth-order valence-corrected chi connectivity index (χ4v) is 5.44. The van der Waals surface area contributed by atoms with Crippen molar-refractivity contribution in [2.45, 2.75) is 59.2 Å². The molecule has 34 heavy (non-hydrogen) atoms. The molecule has 3 atom stereocenters. The van der Waals surface area contributed by atoms with Crippen LogP contribution >= 0.6 is 11.6 Å². The average molecular weight is 478 g/mol. The number of aromatic nitrogens is 4. The first-order valence-corrected chi connectivity index (χ1v) is 12.4. The average Bonchev–Trinajstić information content (AvgIpc) is 2.79. The van der Waals surface area contributed by atoms with Crippen LogP contribution in [0.25, 0.3) is 11.3 Å². The molecule has 1 saturated heterocycles. The minimum absolute atomic E-state index is 0.267. The van der Waals surface area contributed by atoms with Crippen LogP contribution < -0.4 is 15.1 Å². The molecule has 8 heteroatoms. The fourth-order valence-electron chi connectivity index (χ4n) is 5.24. The van der Waals surface area contributed by atoms with Crippen molar-refractivity contribution in [3.05, 3.63) is 58.1 Å². The van der Waals surface area contributed by atoms with Crippen molar-refractivity contribution < 1.29 is 0 Å². The molecule has 0 bridgehead atoms. The molecule has 7 nitrogen and oxygen atoms in total. The summed E-state index contributed by atoms with van der Waals surface area (Å²) in [7, 11) is 0. The van der Waals surface area contributed by atoms with E-state index in [9.17, 15) is 0 Å². The second-order valence-corrected chi connectivity index (χ2v) is 10.3. The molecule has 3 aromatic rings. The van der Waals surface area contributed by atoms with Crippen molar-refractivity contribution in [1.29, 1.82) is 0 Å². The van der Waals surface area contributed by atoms with Gasteiger partial charge in [0.2, 0.25) is 5.95 Å². The number of fused-ring (bicyclic) bond motifs is 1. The lowest BCUT2D eigenvalue weighted by molar-refractivity contribution is 0.402. The van der Waals surface area contributed by atoms with E-state index in [0.717, 1.165) is 71.6 Å². The SMILES string of the molecule is Cc1cnc(-c2cc(N3Cc4cnc(N5CC(C)NC(C)C5)nc4C(C)C3)ncc2Cl)c(C)c1. The molecule has 2 aliphatic rings. The first-order chi connectivity index (χ1) is 16.3. The predicted octanol–water partition coefficient (Wildman–Crippen LogP) is 4.51. The summed E-state index contributed by atoms with van der Waals surface area (Å²) in [5.41, 5.74) is 6.35. The van der Waals surface area contributed by atoms with Crippen LogP contribution in [0, 0.1) is 13.8 Å². The first-order valence-electron chi connectivity index (χ1n) is 12.0. The Morgan fingerprint density at radius 2 is 1.68 bits per heavy atom. The summed E-state index contributed by atoms with van der Waals surface area (Å²) < 4.78 is 0. The largest absolute Gasteiger partial charge is 0.351 e. The topological polar surface area (TPSA) is 70.1 Å². The molecular formula is C26H32ClN7. The monoisotopic (exact) mass is 477 g/mol. The molecule has 3 unspecified atom stereocenters. The van der Waals surface area contributed by atoms with Gasteiger partial charge in [-0.2, -0.15) is 0 Å². The summed E-state index contributed by atoms with van der Waals surface area (Å²) in [6.07, 6.45) is 5.62. The van der Waals surface area contributed by atoms with Gasteiger partial charge in [-0.15, -0.1) is 0 Å². The molecule has 0 aliphatic carbocycles. The van der Waals surface area contributed by atoms with E-state index in [2.05, 4.69) is 64.9 Å². The van der Waals surface area contributed by atoms with Crippen LogP contribution in [-0.2, 0) is 6.54 Å². The minimum Gasteiger partial charge on any atom is -0.351 e. The van der Waals surface area contributed by atoms with Crippen molar-refractivity contribution in [3.8, 4) is 11.3 Å². The van der Waals surface area contributed by atoms with Gasteiger partial charge in [-0.3, -0.25) is 4.98 Å². The number of piperazine rings is 1. The second kappa shape index (κ2) is 9.12. The fraction of sp³-hybridized carbons (Fsp3) is 0.462. The maximum atomic E-state index is 6.55. The number of nitrogens with zero attached hydrogens (tertiary/aromatic N) is 6. The number of rotatable bonds is 3. The maximum Gasteiger partial charge on any atom is 0.225 e. The van der Waals surface area contributed by atoms with E-state index in [1.54, 1.807) is 6.20 Å². The normalized spacial score (nSPS) is 22.6. The lowest BCUT2D eigenvalue weighted by Gasteiger charge is -2.37. The van der Waals surface area contributed by atoms with Gasteiger partial charge in [-0.25, -0.2) is 15.0 Å². The van der Waals surface area contributed by atoms with Gasteiger partial charge < -0.3 is 15.1 Å². The Kier molecular flexibility index (Phi) is 6.16.